The quantitative estimate of drug-likeness (QED) is 0.270. The highest BCUT2D eigenvalue weighted by Gasteiger charge is 2.32. The lowest BCUT2D eigenvalue weighted by atomic mass is 9.98. The number of anilines is 1. The minimum Gasteiger partial charge on any atom is -0.223 e. The van der Waals surface area contributed by atoms with Crippen LogP contribution in [-0.2, 0) is 0 Å². The predicted molar refractivity (Wildman–Crippen MR) is 142 cm³/mol. The first-order chi connectivity index (χ1) is 17.7. The monoisotopic (exact) mass is 470 g/mol. The summed E-state index contributed by atoms with van der Waals surface area (Å²) in [6.45, 7) is 0. The summed E-state index contributed by atoms with van der Waals surface area (Å²) in [7, 11) is 0. The van der Waals surface area contributed by atoms with Crippen molar-refractivity contribution < 1.29 is 4.39 Å². The summed E-state index contributed by atoms with van der Waals surface area (Å²) in [6, 6.07) is 38.8. The second-order valence-corrected chi connectivity index (χ2v) is 8.70. The molecule has 1 aromatic heterocycles. The summed E-state index contributed by atoms with van der Waals surface area (Å²) < 4.78 is 13.7. The highest BCUT2D eigenvalue weighted by Crippen LogP contribution is 2.37. The summed E-state index contributed by atoms with van der Waals surface area (Å²) in [6.07, 6.45) is 0.735. The van der Waals surface area contributed by atoms with Crippen molar-refractivity contribution in [3.05, 3.63) is 138 Å². The van der Waals surface area contributed by atoms with Crippen LogP contribution in [0.4, 0.5) is 10.3 Å². The lowest BCUT2D eigenvalue weighted by Crippen LogP contribution is -2.21. The Morgan fingerprint density at radius 2 is 1.14 bits per heavy atom. The van der Waals surface area contributed by atoms with Gasteiger partial charge in [-0.3, -0.25) is 0 Å². The fourth-order valence-electron chi connectivity index (χ4n) is 4.50. The Balaban J connectivity index is 1.51. The largest absolute Gasteiger partial charge is 0.247 e. The molecule has 1 aliphatic heterocycles. The van der Waals surface area contributed by atoms with E-state index in [1.54, 1.807) is 12.1 Å². The highest BCUT2D eigenvalue weighted by molar-refractivity contribution is 6.03. The van der Waals surface area contributed by atoms with Crippen LogP contribution in [0.15, 0.2) is 126 Å². The van der Waals surface area contributed by atoms with E-state index in [2.05, 4.69) is 24.3 Å². The van der Waals surface area contributed by atoms with Crippen molar-refractivity contribution in [3.8, 4) is 22.5 Å². The Kier molecular flexibility index (Phi) is 5.80. The molecular formula is C31H23FN4. The fraction of sp³-hybridized carbons (Fsp3) is 0.0645. The van der Waals surface area contributed by atoms with Crippen molar-refractivity contribution in [1.29, 1.82) is 0 Å². The summed E-state index contributed by atoms with van der Waals surface area (Å²) >= 11 is 0. The molecule has 0 N–H and O–H groups in total. The third-order valence-corrected chi connectivity index (χ3v) is 6.33. The van der Waals surface area contributed by atoms with Crippen molar-refractivity contribution in [2.45, 2.75) is 12.5 Å². The molecule has 5 heteroatoms. The highest BCUT2D eigenvalue weighted by atomic mass is 19.1. The number of benzene rings is 4. The normalized spacial score (nSPS) is 15.1. The molecule has 1 aliphatic rings. The van der Waals surface area contributed by atoms with E-state index >= 15 is 0 Å². The number of nitrogens with zero attached hydrogens (tertiary/aromatic N) is 4. The first kappa shape index (κ1) is 21.9. The third-order valence-electron chi connectivity index (χ3n) is 6.33. The molecule has 0 fully saturated rings. The molecule has 0 amide bonds. The molecule has 6 rings (SSSR count). The molecule has 0 bridgehead atoms. The van der Waals surface area contributed by atoms with Crippen molar-refractivity contribution in [1.82, 2.24) is 9.97 Å². The molecule has 4 nitrogen and oxygen atoms in total. The van der Waals surface area contributed by atoms with Gasteiger partial charge in [0.05, 0.1) is 23.1 Å². The SMILES string of the molecule is Fc1ccc(-c2cc(-c3ccccc3)nc(N3N=C(c4ccccc4)C[C@@H]3c3ccccc3)n2)cc1. The Labute approximate surface area is 209 Å². The standard InChI is InChI=1S/C31H23FN4/c32-26-18-16-24(17-19-26)28-20-27(22-10-4-1-5-11-22)33-31(34-28)36-30(25-14-8-3-9-15-25)21-29(35-36)23-12-6-2-7-13-23/h1-20,30H,21H2/t30-/m1/s1. The van der Waals surface area contributed by atoms with Crippen LogP contribution in [-0.4, -0.2) is 15.7 Å². The number of hydrazone groups is 1. The maximum absolute atomic E-state index is 13.7. The van der Waals surface area contributed by atoms with Crippen LogP contribution < -0.4 is 5.01 Å². The third kappa shape index (κ3) is 4.39. The van der Waals surface area contributed by atoms with E-state index in [1.807, 2.05) is 77.8 Å². The van der Waals surface area contributed by atoms with Crippen molar-refractivity contribution >= 4 is 11.7 Å². The average Bonchev–Trinajstić information content (AvgIpc) is 3.40. The molecule has 0 saturated heterocycles. The van der Waals surface area contributed by atoms with E-state index in [4.69, 9.17) is 15.1 Å². The van der Waals surface area contributed by atoms with Gasteiger partial charge in [0.15, 0.2) is 0 Å². The molecule has 4 aromatic carbocycles. The minimum atomic E-state index is -0.280. The van der Waals surface area contributed by atoms with Gasteiger partial charge in [-0.1, -0.05) is 91.0 Å². The van der Waals surface area contributed by atoms with Crippen molar-refractivity contribution in [2.75, 3.05) is 5.01 Å². The first-order valence-electron chi connectivity index (χ1n) is 11.9. The number of hydrogen-bond donors (Lipinski definition) is 0. The molecule has 2 heterocycles. The topological polar surface area (TPSA) is 41.4 Å². The molecule has 1 atom stereocenters. The Morgan fingerprint density at radius 1 is 0.611 bits per heavy atom. The summed E-state index contributed by atoms with van der Waals surface area (Å²) in [5.74, 6) is 0.229. The van der Waals surface area contributed by atoms with Gasteiger partial charge >= 0.3 is 0 Å². The molecule has 0 radical (unpaired) electrons. The number of aromatic nitrogens is 2. The minimum absolute atomic E-state index is 0.0477. The predicted octanol–water partition coefficient (Wildman–Crippen LogP) is 7.31. The Bertz CT molecular complexity index is 1500. The van der Waals surface area contributed by atoms with E-state index < -0.39 is 0 Å². The Hall–Kier alpha value is -4.64. The first-order valence-corrected chi connectivity index (χ1v) is 11.9. The smallest absolute Gasteiger partial charge is 0.223 e. The van der Waals surface area contributed by atoms with Crippen LogP contribution in [0, 0.1) is 5.82 Å². The van der Waals surface area contributed by atoms with Gasteiger partial charge in [-0.05, 0) is 41.5 Å². The van der Waals surface area contributed by atoms with E-state index in [-0.39, 0.29) is 11.9 Å². The fourth-order valence-corrected chi connectivity index (χ4v) is 4.50. The maximum atomic E-state index is 13.7. The van der Waals surface area contributed by atoms with E-state index in [0.29, 0.717) is 11.6 Å². The molecule has 0 saturated carbocycles. The number of rotatable bonds is 5. The molecule has 0 spiro atoms. The summed E-state index contributed by atoms with van der Waals surface area (Å²) in [4.78, 5) is 9.90. The zero-order chi connectivity index (χ0) is 24.3. The van der Waals surface area contributed by atoms with Gasteiger partial charge < -0.3 is 0 Å². The average molecular weight is 471 g/mol. The van der Waals surface area contributed by atoms with Crippen LogP contribution in [0.25, 0.3) is 22.5 Å². The van der Waals surface area contributed by atoms with Crippen LogP contribution in [0.5, 0.6) is 0 Å². The second kappa shape index (κ2) is 9.55. The maximum Gasteiger partial charge on any atom is 0.247 e. The van der Waals surface area contributed by atoms with Crippen LogP contribution >= 0.6 is 0 Å². The molecule has 5 aromatic rings. The summed E-state index contributed by atoms with van der Waals surface area (Å²) in [5, 5.41) is 6.96. The lowest BCUT2D eigenvalue weighted by Gasteiger charge is -2.23. The van der Waals surface area contributed by atoms with Gasteiger partial charge in [-0.25, -0.2) is 19.4 Å². The molecule has 174 valence electrons. The molecular weight excluding hydrogens is 447 g/mol. The summed E-state index contributed by atoms with van der Waals surface area (Å²) in [5.41, 5.74) is 6.51. The number of halogens is 1. The van der Waals surface area contributed by atoms with Gasteiger partial charge in [0.2, 0.25) is 5.95 Å². The van der Waals surface area contributed by atoms with Gasteiger partial charge in [-0.15, -0.1) is 0 Å². The zero-order valence-corrected chi connectivity index (χ0v) is 19.5. The van der Waals surface area contributed by atoms with Crippen LogP contribution in [0.2, 0.25) is 0 Å². The van der Waals surface area contributed by atoms with E-state index in [0.717, 1.165) is 40.1 Å². The van der Waals surface area contributed by atoms with Gasteiger partial charge in [0.1, 0.15) is 5.82 Å². The lowest BCUT2D eigenvalue weighted by molar-refractivity contribution is 0.628. The zero-order valence-electron chi connectivity index (χ0n) is 19.5. The number of hydrogen-bond acceptors (Lipinski definition) is 4. The molecule has 36 heavy (non-hydrogen) atoms. The van der Waals surface area contributed by atoms with Gasteiger partial charge in [0.25, 0.3) is 0 Å². The van der Waals surface area contributed by atoms with Gasteiger partial charge in [-0.2, -0.15) is 5.10 Å². The van der Waals surface area contributed by atoms with Gasteiger partial charge in [0, 0.05) is 17.5 Å². The molecule has 0 unspecified atom stereocenters. The molecule has 0 aliphatic carbocycles. The van der Waals surface area contributed by atoms with Crippen LogP contribution in [0.1, 0.15) is 23.6 Å². The van der Waals surface area contributed by atoms with Crippen molar-refractivity contribution in [3.63, 3.8) is 0 Å². The van der Waals surface area contributed by atoms with E-state index in [9.17, 15) is 4.39 Å². The van der Waals surface area contributed by atoms with Crippen LogP contribution in [0.3, 0.4) is 0 Å². The Morgan fingerprint density at radius 3 is 1.75 bits per heavy atom. The van der Waals surface area contributed by atoms with E-state index in [1.165, 1.54) is 12.1 Å². The van der Waals surface area contributed by atoms with Crippen molar-refractivity contribution in [2.24, 2.45) is 5.10 Å². The second-order valence-electron chi connectivity index (χ2n) is 8.70.